The molecule has 2 rings (SSSR count). The lowest BCUT2D eigenvalue weighted by molar-refractivity contribution is 0.100. The van der Waals surface area contributed by atoms with Gasteiger partial charge in [-0.25, -0.2) is 4.98 Å². The molecule has 1 aliphatic heterocycles. The summed E-state index contributed by atoms with van der Waals surface area (Å²) in [6.07, 6.45) is 2.51. The molecule has 1 aliphatic rings. The van der Waals surface area contributed by atoms with Crippen molar-refractivity contribution in [2.75, 3.05) is 6.61 Å². The highest BCUT2D eigenvalue weighted by molar-refractivity contribution is 7.09. The second kappa shape index (κ2) is 3.21. The van der Waals surface area contributed by atoms with Crippen LogP contribution in [0.1, 0.15) is 17.5 Å². The minimum atomic E-state index is -0.0741. The molecule has 2 atom stereocenters. The number of hydrogen-bond donors (Lipinski definition) is 0. The van der Waals surface area contributed by atoms with Crippen molar-refractivity contribution in [3.05, 3.63) is 16.6 Å². The van der Waals surface area contributed by atoms with Crippen molar-refractivity contribution in [1.82, 2.24) is 4.98 Å². The Kier molecular flexibility index (Phi) is 2.07. The van der Waals surface area contributed by atoms with Crippen LogP contribution in [0.15, 0.2) is 11.6 Å². The van der Waals surface area contributed by atoms with Crippen molar-refractivity contribution in [1.29, 1.82) is 5.26 Å². The standard InChI is InChI=1S/C8H8N2OS/c9-5-6-1-3-11-7(6)8-10-2-4-12-8/h2,4,6-7H,1,3H2. The third kappa shape index (κ3) is 1.22. The number of ether oxygens (including phenoxy) is 1. The zero-order chi connectivity index (χ0) is 8.39. The van der Waals surface area contributed by atoms with Gasteiger partial charge in [-0.3, -0.25) is 0 Å². The Morgan fingerprint density at radius 1 is 1.75 bits per heavy atom. The van der Waals surface area contributed by atoms with Gasteiger partial charge in [0.15, 0.2) is 0 Å². The second-order valence-electron chi connectivity index (χ2n) is 2.69. The summed E-state index contributed by atoms with van der Waals surface area (Å²) in [5, 5.41) is 11.6. The highest BCUT2D eigenvalue weighted by atomic mass is 32.1. The number of aromatic nitrogens is 1. The van der Waals surface area contributed by atoms with Gasteiger partial charge in [-0.15, -0.1) is 11.3 Å². The predicted molar refractivity (Wildman–Crippen MR) is 44.5 cm³/mol. The molecule has 0 spiro atoms. The molecule has 3 nitrogen and oxygen atoms in total. The smallest absolute Gasteiger partial charge is 0.125 e. The van der Waals surface area contributed by atoms with Gasteiger partial charge in [-0.2, -0.15) is 5.26 Å². The van der Waals surface area contributed by atoms with Crippen molar-refractivity contribution < 1.29 is 4.74 Å². The predicted octanol–water partition coefficient (Wildman–Crippen LogP) is 1.74. The zero-order valence-electron chi connectivity index (χ0n) is 6.43. The van der Waals surface area contributed by atoms with Crippen LogP contribution in [0.5, 0.6) is 0 Å². The average Bonchev–Trinajstić information content (AvgIpc) is 2.74. The van der Waals surface area contributed by atoms with Gasteiger partial charge in [0.05, 0.1) is 12.0 Å². The molecule has 4 heteroatoms. The van der Waals surface area contributed by atoms with E-state index in [4.69, 9.17) is 10.00 Å². The summed E-state index contributed by atoms with van der Waals surface area (Å²) >= 11 is 1.55. The molecule has 62 valence electrons. The van der Waals surface area contributed by atoms with Crippen LogP contribution in [0.2, 0.25) is 0 Å². The molecular weight excluding hydrogens is 172 g/mol. The summed E-state index contributed by atoms with van der Waals surface area (Å²) in [6, 6.07) is 2.24. The van der Waals surface area contributed by atoms with Gasteiger partial charge in [0, 0.05) is 18.2 Å². The van der Waals surface area contributed by atoms with Crippen molar-refractivity contribution in [2.45, 2.75) is 12.5 Å². The van der Waals surface area contributed by atoms with Crippen LogP contribution in [0.25, 0.3) is 0 Å². The average molecular weight is 180 g/mol. The first kappa shape index (κ1) is 7.71. The first-order valence-electron chi connectivity index (χ1n) is 3.82. The summed E-state index contributed by atoms with van der Waals surface area (Å²) in [6.45, 7) is 0.683. The van der Waals surface area contributed by atoms with Crippen molar-refractivity contribution in [3.8, 4) is 6.07 Å². The third-order valence-corrected chi connectivity index (χ3v) is 2.79. The summed E-state index contributed by atoms with van der Waals surface area (Å²) in [7, 11) is 0. The molecule has 12 heavy (non-hydrogen) atoms. The minimum Gasteiger partial charge on any atom is -0.370 e. The van der Waals surface area contributed by atoms with Gasteiger partial charge in [0.1, 0.15) is 11.1 Å². The van der Waals surface area contributed by atoms with E-state index in [2.05, 4.69) is 11.1 Å². The van der Waals surface area contributed by atoms with Gasteiger partial charge in [-0.1, -0.05) is 0 Å². The second-order valence-corrected chi connectivity index (χ2v) is 3.61. The van der Waals surface area contributed by atoms with Crippen LogP contribution >= 0.6 is 11.3 Å². The first-order chi connectivity index (χ1) is 5.92. The Morgan fingerprint density at radius 2 is 2.67 bits per heavy atom. The summed E-state index contributed by atoms with van der Waals surface area (Å²) in [4.78, 5) is 4.14. The monoisotopic (exact) mass is 180 g/mol. The Morgan fingerprint density at radius 3 is 3.33 bits per heavy atom. The lowest BCUT2D eigenvalue weighted by atomic mass is 10.0. The molecule has 0 saturated carbocycles. The third-order valence-electron chi connectivity index (χ3n) is 1.95. The summed E-state index contributed by atoms with van der Waals surface area (Å²) < 4.78 is 5.43. The van der Waals surface area contributed by atoms with Crippen molar-refractivity contribution in [3.63, 3.8) is 0 Å². The number of rotatable bonds is 1. The van der Waals surface area contributed by atoms with E-state index in [1.165, 1.54) is 0 Å². The SMILES string of the molecule is N#CC1CCOC1c1nccs1. The topological polar surface area (TPSA) is 45.9 Å². The summed E-state index contributed by atoms with van der Waals surface area (Å²) in [5.41, 5.74) is 0. The maximum Gasteiger partial charge on any atom is 0.125 e. The molecule has 0 bridgehead atoms. The van der Waals surface area contributed by atoms with Gasteiger partial charge in [0.2, 0.25) is 0 Å². The van der Waals surface area contributed by atoms with Crippen LogP contribution < -0.4 is 0 Å². The van der Waals surface area contributed by atoms with Crippen molar-refractivity contribution >= 4 is 11.3 Å². The maximum atomic E-state index is 8.78. The van der Waals surface area contributed by atoms with Crippen LogP contribution in [-0.2, 0) is 4.74 Å². The molecule has 2 unspecified atom stereocenters. The molecule has 1 fully saturated rings. The van der Waals surface area contributed by atoms with Gasteiger partial charge < -0.3 is 4.74 Å². The molecular formula is C8H8N2OS. The highest BCUT2D eigenvalue weighted by Gasteiger charge is 2.31. The van der Waals surface area contributed by atoms with E-state index in [1.807, 2.05) is 5.38 Å². The van der Waals surface area contributed by atoms with E-state index in [1.54, 1.807) is 17.5 Å². The van der Waals surface area contributed by atoms with E-state index in [0.717, 1.165) is 11.4 Å². The van der Waals surface area contributed by atoms with E-state index in [-0.39, 0.29) is 12.0 Å². The molecule has 1 aromatic rings. The molecule has 0 aromatic carbocycles. The maximum absolute atomic E-state index is 8.78. The van der Waals surface area contributed by atoms with Crippen LogP contribution in [0, 0.1) is 17.2 Å². The fourth-order valence-electron chi connectivity index (χ4n) is 1.34. The molecule has 0 radical (unpaired) electrons. The highest BCUT2D eigenvalue weighted by Crippen LogP contribution is 2.34. The van der Waals surface area contributed by atoms with Crippen LogP contribution in [0.3, 0.4) is 0 Å². The number of hydrogen-bond acceptors (Lipinski definition) is 4. The largest absolute Gasteiger partial charge is 0.370 e. The quantitative estimate of drug-likeness (QED) is 0.661. The van der Waals surface area contributed by atoms with Crippen LogP contribution in [-0.4, -0.2) is 11.6 Å². The number of nitrogens with zero attached hydrogens (tertiary/aromatic N) is 2. The van der Waals surface area contributed by atoms with Crippen molar-refractivity contribution in [2.24, 2.45) is 5.92 Å². The zero-order valence-corrected chi connectivity index (χ0v) is 7.25. The van der Waals surface area contributed by atoms with Gasteiger partial charge in [-0.05, 0) is 6.42 Å². The molecule has 0 aliphatic carbocycles. The fraction of sp³-hybridized carbons (Fsp3) is 0.500. The minimum absolute atomic E-state index is 0.00356. The number of thiazole rings is 1. The fourth-order valence-corrected chi connectivity index (χ4v) is 2.09. The van der Waals surface area contributed by atoms with E-state index in [9.17, 15) is 0 Å². The van der Waals surface area contributed by atoms with Crippen LogP contribution in [0.4, 0.5) is 0 Å². The molecule has 1 saturated heterocycles. The van der Waals surface area contributed by atoms with E-state index < -0.39 is 0 Å². The molecule has 2 heterocycles. The Labute approximate surface area is 74.6 Å². The van der Waals surface area contributed by atoms with E-state index >= 15 is 0 Å². The lowest BCUT2D eigenvalue weighted by Gasteiger charge is -2.07. The molecule has 0 amide bonds. The summed E-state index contributed by atoms with van der Waals surface area (Å²) in [5.74, 6) is -0.00356. The molecule has 0 N–H and O–H groups in total. The lowest BCUT2D eigenvalue weighted by Crippen LogP contribution is -2.04. The Bertz CT molecular complexity index is 291. The Hall–Kier alpha value is -0.920. The first-order valence-corrected chi connectivity index (χ1v) is 4.70. The number of nitriles is 1. The van der Waals surface area contributed by atoms with Gasteiger partial charge in [0.25, 0.3) is 0 Å². The Balaban J connectivity index is 2.20. The molecule has 1 aromatic heterocycles. The van der Waals surface area contributed by atoms with E-state index in [0.29, 0.717) is 6.61 Å². The van der Waals surface area contributed by atoms with Gasteiger partial charge >= 0.3 is 0 Å². The normalized spacial score (nSPS) is 28.6.